The summed E-state index contributed by atoms with van der Waals surface area (Å²) in [5.74, 6) is 0.469. The SMILES string of the molecule is Cn1cc(CC(O)c2cnn(C)c2N)nn1. The van der Waals surface area contributed by atoms with E-state index >= 15 is 0 Å². The average molecular weight is 222 g/mol. The minimum Gasteiger partial charge on any atom is -0.388 e. The highest BCUT2D eigenvalue weighted by Crippen LogP contribution is 2.21. The number of rotatable bonds is 3. The first kappa shape index (κ1) is 10.6. The molecule has 0 aromatic carbocycles. The number of hydrogen-bond acceptors (Lipinski definition) is 5. The van der Waals surface area contributed by atoms with Gasteiger partial charge in [-0.1, -0.05) is 5.21 Å². The van der Waals surface area contributed by atoms with E-state index in [2.05, 4.69) is 15.4 Å². The van der Waals surface area contributed by atoms with Crippen molar-refractivity contribution in [3.63, 3.8) is 0 Å². The highest BCUT2D eigenvalue weighted by Gasteiger charge is 2.16. The molecule has 2 aromatic heterocycles. The first-order valence-corrected chi connectivity index (χ1v) is 4.88. The number of aliphatic hydroxyl groups excluding tert-OH is 1. The van der Waals surface area contributed by atoms with Crippen LogP contribution in [0.2, 0.25) is 0 Å². The summed E-state index contributed by atoms with van der Waals surface area (Å²) in [5.41, 5.74) is 7.10. The molecule has 0 saturated carbocycles. The zero-order valence-electron chi connectivity index (χ0n) is 9.20. The molecule has 7 heteroatoms. The summed E-state index contributed by atoms with van der Waals surface area (Å²) >= 11 is 0. The number of nitrogen functional groups attached to an aromatic ring is 1. The Morgan fingerprint density at radius 1 is 1.50 bits per heavy atom. The molecule has 2 rings (SSSR count). The van der Waals surface area contributed by atoms with E-state index in [-0.39, 0.29) is 0 Å². The zero-order valence-corrected chi connectivity index (χ0v) is 9.20. The number of nitrogens with two attached hydrogens (primary N) is 1. The number of hydrogen-bond donors (Lipinski definition) is 2. The molecule has 0 fully saturated rings. The van der Waals surface area contributed by atoms with Gasteiger partial charge < -0.3 is 10.8 Å². The van der Waals surface area contributed by atoms with Crippen molar-refractivity contribution in [2.75, 3.05) is 5.73 Å². The predicted octanol–water partition coefficient (Wildman–Crippen LogP) is -0.593. The summed E-state index contributed by atoms with van der Waals surface area (Å²) < 4.78 is 3.11. The van der Waals surface area contributed by atoms with Crippen molar-refractivity contribution in [2.45, 2.75) is 12.5 Å². The molecule has 3 N–H and O–H groups in total. The average Bonchev–Trinajstić information content (AvgIpc) is 2.76. The molecule has 1 atom stereocenters. The van der Waals surface area contributed by atoms with Gasteiger partial charge in [-0.15, -0.1) is 5.10 Å². The Bertz CT molecular complexity index is 488. The third-order valence-electron chi connectivity index (χ3n) is 2.43. The lowest BCUT2D eigenvalue weighted by molar-refractivity contribution is 0.178. The zero-order chi connectivity index (χ0) is 11.7. The van der Waals surface area contributed by atoms with Crippen LogP contribution in [0.25, 0.3) is 0 Å². The largest absolute Gasteiger partial charge is 0.388 e. The molecule has 0 spiro atoms. The number of aryl methyl sites for hydroxylation is 2. The molecular formula is C9H14N6O. The molecule has 0 aliphatic rings. The van der Waals surface area contributed by atoms with Crippen LogP contribution in [0.5, 0.6) is 0 Å². The maximum absolute atomic E-state index is 9.97. The summed E-state index contributed by atoms with van der Waals surface area (Å²) in [6.07, 6.45) is 3.00. The van der Waals surface area contributed by atoms with E-state index in [0.29, 0.717) is 17.8 Å². The smallest absolute Gasteiger partial charge is 0.127 e. The molecular weight excluding hydrogens is 208 g/mol. The summed E-state index contributed by atoms with van der Waals surface area (Å²) in [6, 6.07) is 0. The first-order chi connectivity index (χ1) is 7.58. The molecule has 0 saturated heterocycles. The van der Waals surface area contributed by atoms with Gasteiger partial charge in [-0.3, -0.25) is 9.36 Å². The van der Waals surface area contributed by atoms with Crippen molar-refractivity contribution in [1.29, 1.82) is 0 Å². The van der Waals surface area contributed by atoms with Gasteiger partial charge in [-0.25, -0.2) is 0 Å². The van der Waals surface area contributed by atoms with Crippen LogP contribution in [0.15, 0.2) is 12.4 Å². The van der Waals surface area contributed by atoms with Crippen LogP contribution in [-0.2, 0) is 20.5 Å². The Labute approximate surface area is 92.5 Å². The maximum Gasteiger partial charge on any atom is 0.127 e. The third kappa shape index (κ3) is 1.89. The normalized spacial score (nSPS) is 12.9. The molecule has 16 heavy (non-hydrogen) atoms. The van der Waals surface area contributed by atoms with Gasteiger partial charge in [0.25, 0.3) is 0 Å². The minimum atomic E-state index is -0.703. The van der Waals surface area contributed by atoms with E-state index in [0.717, 1.165) is 5.69 Å². The van der Waals surface area contributed by atoms with Gasteiger partial charge in [-0.05, 0) is 0 Å². The van der Waals surface area contributed by atoms with Crippen molar-refractivity contribution < 1.29 is 5.11 Å². The van der Waals surface area contributed by atoms with Crippen LogP contribution in [-0.4, -0.2) is 29.9 Å². The van der Waals surface area contributed by atoms with E-state index in [4.69, 9.17) is 5.73 Å². The molecule has 86 valence electrons. The van der Waals surface area contributed by atoms with Gasteiger partial charge in [0.05, 0.1) is 18.0 Å². The fraction of sp³-hybridized carbons (Fsp3) is 0.444. The van der Waals surface area contributed by atoms with Gasteiger partial charge >= 0.3 is 0 Å². The minimum absolute atomic E-state index is 0.379. The van der Waals surface area contributed by atoms with Crippen LogP contribution >= 0.6 is 0 Å². The second kappa shape index (κ2) is 3.93. The summed E-state index contributed by atoms with van der Waals surface area (Å²) in [6.45, 7) is 0. The van der Waals surface area contributed by atoms with E-state index < -0.39 is 6.10 Å². The molecule has 2 heterocycles. The molecule has 0 aliphatic heterocycles. The lowest BCUT2D eigenvalue weighted by Gasteiger charge is -2.07. The van der Waals surface area contributed by atoms with Gasteiger partial charge in [-0.2, -0.15) is 5.10 Å². The van der Waals surface area contributed by atoms with Crippen molar-refractivity contribution in [3.8, 4) is 0 Å². The highest BCUT2D eigenvalue weighted by molar-refractivity contribution is 5.40. The number of aliphatic hydroxyl groups is 1. The summed E-state index contributed by atoms with van der Waals surface area (Å²) in [5, 5.41) is 21.6. The Morgan fingerprint density at radius 2 is 2.25 bits per heavy atom. The Hall–Kier alpha value is -1.89. The topological polar surface area (TPSA) is 94.8 Å². The summed E-state index contributed by atoms with van der Waals surface area (Å²) in [4.78, 5) is 0. The monoisotopic (exact) mass is 222 g/mol. The van der Waals surface area contributed by atoms with E-state index in [1.807, 2.05) is 0 Å². The molecule has 2 aromatic rings. The van der Waals surface area contributed by atoms with E-state index in [1.165, 1.54) is 4.68 Å². The fourth-order valence-electron chi connectivity index (χ4n) is 1.52. The van der Waals surface area contributed by atoms with Gasteiger partial charge in [0.15, 0.2) is 0 Å². The van der Waals surface area contributed by atoms with Crippen LogP contribution in [0.4, 0.5) is 5.82 Å². The van der Waals surface area contributed by atoms with Crippen molar-refractivity contribution >= 4 is 5.82 Å². The lowest BCUT2D eigenvalue weighted by atomic mass is 10.1. The second-order valence-corrected chi connectivity index (χ2v) is 3.71. The van der Waals surface area contributed by atoms with Crippen molar-refractivity contribution in [1.82, 2.24) is 24.8 Å². The molecule has 0 amide bonds. The van der Waals surface area contributed by atoms with Crippen molar-refractivity contribution in [2.24, 2.45) is 14.1 Å². The number of aromatic nitrogens is 5. The second-order valence-electron chi connectivity index (χ2n) is 3.71. The number of nitrogens with zero attached hydrogens (tertiary/aromatic N) is 5. The van der Waals surface area contributed by atoms with Crippen LogP contribution in [0, 0.1) is 0 Å². The molecule has 7 nitrogen and oxygen atoms in total. The lowest BCUT2D eigenvalue weighted by Crippen LogP contribution is -2.06. The summed E-state index contributed by atoms with van der Waals surface area (Å²) in [7, 11) is 3.51. The quantitative estimate of drug-likeness (QED) is 0.723. The Kier molecular flexibility index (Phi) is 2.61. The molecule has 0 aliphatic carbocycles. The van der Waals surface area contributed by atoms with Crippen molar-refractivity contribution in [3.05, 3.63) is 23.7 Å². The van der Waals surface area contributed by atoms with Gasteiger partial charge in [0.2, 0.25) is 0 Å². The van der Waals surface area contributed by atoms with E-state index in [9.17, 15) is 5.11 Å². The Morgan fingerprint density at radius 3 is 2.75 bits per heavy atom. The van der Waals surface area contributed by atoms with Gasteiger partial charge in [0.1, 0.15) is 5.82 Å². The fourth-order valence-corrected chi connectivity index (χ4v) is 1.52. The third-order valence-corrected chi connectivity index (χ3v) is 2.43. The van der Waals surface area contributed by atoms with Crippen LogP contribution in [0.3, 0.4) is 0 Å². The van der Waals surface area contributed by atoms with Crippen LogP contribution < -0.4 is 5.73 Å². The standard InChI is InChI=1S/C9H14N6O/c1-14-5-6(12-13-14)3-8(16)7-4-11-15(2)9(7)10/h4-5,8,16H,3,10H2,1-2H3. The first-order valence-electron chi connectivity index (χ1n) is 4.88. The number of anilines is 1. The molecule has 0 radical (unpaired) electrons. The Balaban J connectivity index is 2.14. The molecule has 0 bridgehead atoms. The van der Waals surface area contributed by atoms with Gasteiger partial charge in [0, 0.05) is 32.3 Å². The van der Waals surface area contributed by atoms with E-state index in [1.54, 1.807) is 31.2 Å². The highest BCUT2D eigenvalue weighted by atomic mass is 16.3. The van der Waals surface area contributed by atoms with Crippen LogP contribution in [0.1, 0.15) is 17.4 Å². The predicted molar refractivity (Wildman–Crippen MR) is 57.3 cm³/mol. The molecule has 1 unspecified atom stereocenters. The maximum atomic E-state index is 9.97.